The van der Waals surface area contributed by atoms with Crippen molar-refractivity contribution in [2.24, 2.45) is 5.14 Å². The second kappa shape index (κ2) is 7.62. The highest BCUT2D eigenvalue weighted by Gasteiger charge is 2.21. The number of carboxylic acid groups (broad SMARTS) is 1. The summed E-state index contributed by atoms with van der Waals surface area (Å²) in [4.78, 5) is 15.8. The van der Waals surface area contributed by atoms with Crippen LogP contribution in [0.3, 0.4) is 0 Å². The molecular weight excluding hydrogens is 406 g/mol. The number of carboxylic acids is 1. The van der Waals surface area contributed by atoms with Crippen LogP contribution >= 0.6 is 0 Å². The third-order valence-corrected chi connectivity index (χ3v) is 5.40. The number of nitrogens with two attached hydrogens (primary N) is 1. The van der Waals surface area contributed by atoms with Crippen molar-refractivity contribution in [2.75, 3.05) is 0 Å². The van der Waals surface area contributed by atoms with Crippen molar-refractivity contribution in [3.63, 3.8) is 0 Å². The Labute approximate surface area is 172 Å². The van der Waals surface area contributed by atoms with Gasteiger partial charge in [0, 0.05) is 17.3 Å². The fourth-order valence-electron chi connectivity index (χ4n) is 3.10. The van der Waals surface area contributed by atoms with Gasteiger partial charge in [0.1, 0.15) is 17.9 Å². The highest BCUT2D eigenvalue weighted by Crippen LogP contribution is 2.36. The van der Waals surface area contributed by atoms with Crippen LogP contribution in [-0.4, -0.2) is 29.0 Å². The molecule has 0 saturated carbocycles. The van der Waals surface area contributed by atoms with Crippen molar-refractivity contribution in [3.8, 4) is 34.2 Å². The van der Waals surface area contributed by atoms with Crippen LogP contribution < -0.4 is 5.14 Å². The smallest absolute Gasteiger partial charge is 0.323 e. The highest BCUT2D eigenvalue weighted by atomic mass is 32.2. The number of primary sulfonamides is 1. The quantitative estimate of drug-likeness (QED) is 0.490. The Hall–Kier alpha value is -3.69. The SMILES string of the molecule is NS(=O)(=O)c1ccc(-c2oc(-c3cccn3CC(=O)O)nc2-c2ccccc2)cc1. The lowest BCUT2D eigenvalue weighted by Gasteiger charge is -2.03. The number of hydrogen-bond acceptors (Lipinski definition) is 5. The van der Waals surface area contributed by atoms with E-state index in [4.69, 9.17) is 14.7 Å². The zero-order valence-electron chi connectivity index (χ0n) is 15.6. The maximum atomic E-state index is 11.5. The minimum atomic E-state index is -3.82. The molecule has 0 aliphatic heterocycles. The summed E-state index contributed by atoms with van der Waals surface area (Å²) in [6, 6.07) is 18.8. The van der Waals surface area contributed by atoms with Crippen molar-refractivity contribution in [1.29, 1.82) is 0 Å². The minimum absolute atomic E-state index is 0.0115. The van der Waals surface area contributed by atoms with Gasteiger partial charge in [-0.1, -0.05) is 30.3 Å². The molecule has 0 radical (unpaired) electrons. The van der Waals surface area contributed by atoms with Gasteiger partial charge in [-0.2, -0.15) is 0 Å². The highest BCUT2D eigenvalue weighted by molar-refractivity contribution is 7.89. The van der Waals surface area contributed by atoms with E-state index in [0.717, 1.165) is 5.56 Å². The Kier molecular flexibility index (Phi) is 4.98. The summed E-state index contributed by atoms with van der Waals surface area (Å²) < 4.78 is 30.7. The van der Waals surface area contributed by atoms with Crippen LogP contribution in [0.1, 0.15) is 0 Å². The molecule has 3 N–H and O–H groups in total. The van der Waals surface area contributed by atoms with Crippen LogP contribution in [0.15, 0.2) is 82.2 Å². The number of rotatable bonds is 6. The summed E-state index contributed by atoms with van der Waals surface area (Å²) >= 11 is 0. The van der Waals surface area contributed by atoms with Gasteiger partial charge in [-0.05, 0) is 36.4 Å². The molecule has 0 aliphatic rings. The number of aromatic nitrogens is 2. The molecule has 30 heavy (non-hydrogen) atoms. The van der Waals surface area contributed by atoms with Crippen LogP contribution in [0.5, 0.6) is 0 Å². The van der Waals surface area contributed by atoms with Crippen LogP contribution in [-0.2, 0) is 21.4 Å². The maximum absolute atomic E-state index is 11.5. The van der Waals surface area contributed by atoms with E-state index in [2.05, 4.69) is 4.98 Å². The average Bonchev–Trinajstić information content (AvgIpc) is 3.34. The van der Waals surface area contributed by atoms with Gasteiger partial charge in [0.15, 0.2) is 5.76 Å². The molecule has 0 atom stereocenters. The van der Waals surface area contributed by atoms with Crippen LogP contribution in [0.2, 0.25) is 0 Å². The number of aliphatic carboxylic acids is 1. The molecule has 0 aliphatic carbocycles. The summed E-state index contributed by atoms with van der Waals surface area (Å²) in [6.07, 6.45) is 1.64. The van der Waals surface area contributed by atoms with Gasteiger partial charge in [0.05, 0.1) is 4.90 Å². The Morgan fingerprint density at radius 2 is 1.70 bits per heavy atom. The summed E-state index contributed by atoms with van der Waals surface area (Å²) in [5.74, 6) is -0.299. The lowest BCUT2D eigenvalue weighted by Crippen LogP contribution is -2.11. The number of benzene rings is 2. The summed E-state index contributed by atoms with van der Waals surface area (Å²) in [5.41, 5.74) is 2.48. The first-order valence-corrected chi connectivity index (χ1v) is 10.4. The molecular formula is C21H17N3O5S. The summed E-state index contributed by atoms with van der Waals surface area (Å²) in [5, 5.41) is 14.3. The molecule has 4 aromatic rings. The third kappa shape index (κ3) is 3.88. The first-order valence-electron chi connectivity index (χ1n) is 8.90. The van der Waals surface area contributed by atoms with Crippen molar-refractivity contribution in [1.82, 2.24) is 9.55 Å². The van der Waals surface area contributed by atoms with E-state index >= 15 is 0 Å². The molecule has 0 saturated heterocycles. The molecule has 2 heterocycles. The van der Waals surface area contributed by atoms with Crippen molar-refractivity contribution in [2.45, 2.75) is 11.4 Å². The fourth-order valence-corrected chi connectivity index (χ4v) is 3.62. The van der Waals surface area contributed by atoms with Gasteiger partial charge in [-0.3, -0.25) is 4.79 Å². The normalized spacial score (nSPS) is 11.5. The lowest BCUT2D eigenvalue weighted by molar-refractivity contribution is -0.137. The Bertz CT molecular complexity index is 1310. The van der Waals surface area contributed by atoms with E-state index in [1.807, 2.05) is 30.3 Å². The molecule has 0 bridgehead atoms. The molecule has 0 spiro atoms. The molecule has 9 heteroatoms. The number of hydrogen-bond donors (Lipinski definition) is 2. The molecule has 0 amide bonds. The molecule has 2 aromatic carbocycles. The van der Waals surface area contributed by atoms with Gasteiger partial charge in [0.2, 0.25) is 15.9 Å². The summed E-state index contributed by atoms with van der Waals surface area (Å²) in [6.45, 7) is -0.232. The zero-order chi connectivity index (χ0) is 21.3. The van der Waals surface area contributed by atoms with Gasteiger partial charge < -0.3 is 14.1 Å². The van der Waals surface area contributed by atoms with Gasteiger partial charge in [-0.25, -0.2) is 18.5 Å². The topological polar surface area (TPSA) is 128 Å². The molecule has 2 aromatic heterocycles. The number of sulfonamides is 1. The first-order chi connectivity index (χ1) is 14.3. The Balaban J connectivity index is 1.86. The van der Waals surface area contributed by atoms with Crippen molar-refractivity contribution >= 4 is 16.0 Å². The largest absolute Gasteiger partial charge is 0.480 e. The average molecular weight is 423 g/mol. The monoisotopic (exact) mass is 423 g/mol. The van der Waals surface area contributed by atoms with Crippen molar-refractivity contribution < 1.29 is 22.7 Å². The molecule has 4 rings (SSSR count). The molecule has 0 fully saturated rings. The van der Waals surface area contributed by atoms with Gasteiger partial charge >= 0.3 is 5.97 Å². The van der Waals surface area contributed by atoms with Crippen molar-refractivity contribution in [3.05, 3.63) is 72.9 Å². The first kappa shape index (κ1) is 19.6. The second-order valence-electron chi connectivity index (χ2n) is 6.55. The van der Waals surface area contributed by atoms with E-state index in [0.29, 0.717) is 22.7 Å². The molecule has 152 valence electrons. The van der Waals surface area contributed by atoms with Crippen LogP contribution in [0, 0.1) is 0 Å². The van der Waals surface area contributed by atoms with E-state index in [-0.39, 0.29) is 17.3 Å². The summed E-state index contributed by atoms with van der Waals surface area (Å²) in [7, 11) is -3.82. The van der Waals surface area contributed by atoms with Gasteiger partial charge in [-0.15, -0.1) is 0 Å². The fraction of sp³-hybridized carbons (Fsp3) is 0.0476. The van der Waals surface area contributed by atoms with E-state index < -0.39 is 16.0 Å². The van der Waals surface area contributed by atoms with Crippen LogP contribution in [0.25, 0.3) is 34.2 Å². The Morgan fingerprint density at radius 3 is 2.33 bits per heavy atom. The van der Waals surface area contributed by atoms with Crippen LogP contribution in [0.4, 0.5) is 0 Å². The zero-order valence-corrected chi connectivity index (χ0v) is 16.4. The van der Waals surface area contributed by atoms with E-state index in [9.17, 15) is 13.2 Å². The molecule has 8 nitrogen and oxygen atoms in total. The predicted molar refractivity (Wildman–Crippen MR) is 110 cm³/mol. The van der Waals surface area contributed by atoms with Gasteiger partial charge in [0.25, 0.3) is 0 Å². The lowest BCUT2D eigenvalue weighted by atomic mass is 10.1. The number of oxazole rings is 1. The van der Waals surface area contributed by atoms with E-state index in [1.54, 1.807) is 30.5 Å². The van der Waals surface area contributed by atoms with E-state index in [1.165, 1.54) is 16.7 Å². The number of nitrogens with zero attached hydrogens (tertiary/aromatic N) is 2. The Morgan fingerprint density at radius 1 is 1.00 bits per heavy atom. The number of carbonyl (C=O) groups is 1. The minimum Gasteiger partial charge on any atom is -0.480 e. The second-order valence-corrected chi connectivity index (χ2v) is 8.11. The predicted octanol–water partition coefficient (Wildman–Crippen LogP) is 3.21. The maximum Gasteiger partial charge on any atom is 0.323 e. The molecule has 0 unspecified atom stereocenters. The third-order valence-electron chi connectivity index (χ3n) is 4.47. The standard InChI is InChI=1S/C21H17N3O5S/c22-30(27,28)16-10-8-15(9-11-16)20-19(14-5-2-1-3-6-14)23-21(29-20)17-7-4-12-24(17)13-18(25)26/h1-12H,13H2,(H,25,26)(H2,22,27,28).